The van der Waals surface area contributed by atoms with Gasteiger partial charge in [0.25, 0.3) is 0 Å². The number of likely N-dealkylation sites (N-methyl/N-ethyl adjacent to an activating group) is 1. The summed E-state index contributed by atoms with van der Waals surface area (Å²) in [6.45, 7) is 2.01. The van der Waals surface area contributed by atoms with Crippen molar-refractivity contribution in [3.8, 4) is 0 Å². The number of aromatic nitrogens is 1. The average molecular weight is 236 g/mol. The van der Waals surface area contributed by atoms with Gasteiger partial charge < -0.3 is 9.47 Å². The van der Waals surface area contributed by atoms with Crippen molar-refractivity contribution in [1.82, 2.24) is 9.47 Å². The van der Waals surface area contributed by atoms with Crippen LogP contribution in [0.4, 0.5) is 8.78 Å². The van der Waals surface area contributed by atoms with Crippen molar-refractivity contribution in [3.63, 3.8) is 0 Å². The molecule has 2 nitrogen and oxygen atoms in total. The number of hydrogen-bond donors (Lipinski definition) is 0. The van der Waals surface area contributed by atoms with Crippen LogP contribution >= 0.6 is 0 Å². The summed E-state index contributed by atoms with van der Waals surface area (Å²) in [5.41, 5.74) is 0.782. The van der Waals surface area contributed by atoms with Gasteiger partial charge in [-0.3, -0.25) is 0 Å². The zero-order valence-corrected chi connectivity index (χ0v) is 9.66. The van der Waals surface area contributed by atoms with Crippen LogP contribution in [-0.2, 0) is 0 Å². The minimum Gasteiger partial charge on any atom is -0.343 e. The highest BCUT2D eigenvalue weighted by Gasteiger charge is 2.22. The fourth-order valence-electron chi connectivity index (χ4n) is 2.63. The van der Waals surface area contributed by atoms with Gasteiger partial charge in [-0.05, 0) is 38.2 Å². The van der Waals surface area contributed by atoms with Crippen LogP contribution < -0.4 is 0 Å². The summed E-state index contributed by atoms with van der Waals surface area (Å²) in [6.07, 6.45) is 2.91. The highest BCUT2D eigenvalue weighted by Crippen LogP contribution is 2.28. The van der Waals surface area contributed by atoms with E-state index in [2.05, 4.69) is 16.5 Å². The van der Waals surface area contributed by atoms with E-state index >= 15 is 0 Å². The highest BCUT2D eigenvalue weighted by atomic mass is 19.2. The second-order valence-corrected chi connectivity index (χ2v) is 4.72. The molecular weight excluding hydrogens is 222 g/mol. The summed E-state index contributed by atoms with van der Waals surface area (Å²) in [5.74, 6) is -1.52. The number of rotatable bonds is 1. The number of nitrogens with zero attached hydrogens (tertiary/aromatic N) is 2. The molecular formula is C13H14F2N2. The highest BCUT2D eigenvalue weighted by molar-refractivity contribution is 5.81. The van der Waals surface area contributed by atoms with Crippen molar-refractivity contribution in [2.24, 2.45) is 0 Å². The van der Waals surface area contributed by atoms with Gasteiger partial charge in [-0.25, -0.2) is 8.78 Å². The Balaban J connectivity index is 2.10. The molecule has 1 atom stereocenters. The smallest absolute Gasteiger partial charge is 0.168 e. The molecule has 0 radical (unpaired) electrons. The lowest BCUT2D eigenvalue weighted by Gasteiger charge is -2.14. The molecule has 1 aliphatic rings. The topological polar surface area (TPSA) is 8.17 Å². The number of halogens is 2. The van der Waals surface area contributed by atoms with E-state index < -0.39 is 11.6 Å². The summed E-state index contributed by atoms with van der Waals surface area (Å²) in [6, 6.07) is 4.88. The Morgan fingerprint density at radius 2 is 2.06 bits per heavy atom. The van der Waals surface area contributed by atoms with Gasteiger partial charge in [-0.1, -0.05) is 0 Å². The van der Waals surface area contributed by atoms with Crippen molar-refractivity contribution >= 4 is 10.9 Å². The molecule has 0 aliphatic carbocycles. The predicted octanol–water partition coefficient (Wildman–Crippen LogP) is 2.80. The first kappa shape index (κ1) is 10.7. The molecule has 1 saturated heterocycles. The molecule has 1 unspecified atom stereocenters. The van der Waals surface area contributed by atoms with Crippen LogP contribution in [0.5, 0.6) is 0 Å². The summed E-state index contributed by atoms with van der Waals surface area (Å²) in [5, 5.41) is 0.375. The molecule has 2 aromatic rings. The summed E-state index contributed by atoms with van der Waals surface area (Å²) >= 11 is 0. The Bertz CT molecular complexity index is 562. The van der Waals surface area contributed by atoms with Gasteiger partial charge in [0.1, 0.15) is 0 Å². The quantitative estimate of drug-likeness (QED) is 0.739. The van der Waals surface area contributed by atoms with Crippen LogP contribution in [0, 0.1) is 11.6 Å². The van der Waals surface area contributed by atoms with Crippen LogP contribution in [0.3, 0.4) is 0 Å². The van der Waals surface area contributed by atoms with Crippen LogP contribution in [0.1, 0.15) is 12.5 Å². The monoisotopic (exact) mass is 236 g/mol. The maximum atomic E-state index is 13.6. The maximum Gasteiger partial charge on any atom is 0.168 e. The largest absolute Gasteiger partial charge is 0.343 e. The first-order chi connectivity index (χ1) is 8.16. The zero-order chi connectivity index (χ0) is 12.0. The molecule has 0 bridgehead atoms. The second kappa shape index (κ2) is 3.81. The first-order valence-corrected chi connectivity index (χ1v) is 5.80. The molecule has 1 aromatic carbocycles. The van der Waals surface area contributed by atoms with Crippen molar-refractivity contribution < 1.29 is 8.78 Å². The van der Waals surface area contributed by atoms with Gasteiger partial charge in [-0.15, -0.1) is 0 Å². The predicted molar refractivity (Wildman–Crippen MR) is 63.0 cm³/mol. The van der Waals surface area contributed by atoms with E-state index in [9.17, 15) is 8.78 Å². The van der Waals surface area contributed by atoms with Crippen LogP contribution in [0.25, 0.3) is 10.9 Å². The van der Waals surface area contributed by atoms with Gasteiger partial charge in [0.05, 0.1) is 5.52 Å². The number of hydrogen-bond acceptors (Lipinski definition) is 1. The van der Waals surface area contributed by atoms with E-state index in [-0.39, 0.29) is 0 Å². The summed E-state index contributed by atoms with van der Waals surface area (Å²) in [4.78, 5) is 2.25. The Morgan fingerprint density at radius 1 is 1.24 bits per heavy atom. The Hall–Kier alpha value is -1.42. The number of benzene rings is 1. The molecule has 1 fully saturated rings. The average Bonchev–Trinajstić information content (AvgIpc) is 2.89. The molecule has 90 valence electrons. The van der Waals surface area contributed by atoms with Crippen LogP contribution in [0.15, 0.2) is 24.4 Å². The van der Waals surface area contributed by atoms with Gasteiger partial charge in [-0.2, -0.15) is 0 Å². The Kier molecular flexibility index (Phi) is 2.40. The molecule has 0 amide bonds. The molecule has 17 heavy (non-hydrogen) atoms. The Morgan fingerprint density at radius 3 is 2.76 bits per heavy atom. The van der Waals surface area contributed by atoms with E-state index in [0.717, 1.165) is 25.0 Å². The molecule has 1 aliphatic heterocycles. The van der Waals surface area contributed by atoms with Crippen molar-refractivity contribution in [1.29, 1.82) is 0 Å². The van der Waals surface area contributed by atoms with E-state index in [1.165, 1.54) is 6.07 Å². The van der Waals surface area contributed by atoms with Crippen LogP contribution in [-0.4, -0.2) is 29.6 Å². The molecule has 4 heteroatoms. The Labute approximate surface area is 98.4 Å². The fourth-order valence-corrected chi connectivity index (χ4v) is 2.63. The van der Waals surface area contributed by atoms with Gasteiger partial charge in [0, 0.05) is 24.2 Å². The molecule has 0 N–H and O–H groups in total. The van der Waals surface area contributed by atoms with E-state index in [1.54, 1.807) is 12.1 Å². The SMILES string of the molecule is CN1CCC(n2ccc3c(F)c(F)ccc32)C1. The van der Waals surface area contributed by atoms with Crippen molar-refractivity contribution in [3.05, 3.63) is 36.0 Å². The van der Waals surface area contributed by atoms with Crippen molar-refractivity contribution in [2.45, 2.75) is 12.5 Å². The summed E-state index contributed by atoms with van der Waals surface area (Å²) in [7, 11) is 2.08. The van der Waals surface area contributed by atoms with Crippen LogP contribution in [0.2, 0.25) is 0 Å². The molecule has 3 rings (SSSR count). The fraction of sp³-hybridized carbons (Fsp3) is 0.385. The van der Waals surface area contributed by atoms with Gasteiger partial charge >= 0.3 is 0 Å². The third kappa shape index (κ3) is 1.63. The van der Waals surface area contributed by atoms with E-state index in [0.29, 0.717) is 11.4 Å². The lowest BCUT2D eigenvalue weighted by molar-refractivity contribution is 0.395. The van der Waals surface area contributed by atoms with Gasteiger partial charge in [0.2, 0.25) is 0 Å². The maximum absolute atomic E-state index is 13.6. The third-order valence-corrected chi connectivity index (χ3v) is 3.55. The standard InChI is InChI=1S/C13H14F2N2/c1-16-6-4-9(8-16)17-7-5-10-12(17)3-2-11(14)13(10)15/h2-3,5,7,9H,4,6,8H2,1H3. The zero-order valence-electron chi connectivity index (χ0n) is 9.66. The van der Waals surface area contributed by atoms with Gasteiger partial charge in [0.15, 0.2) is 11.6 Å². The lowest BCUT2D eigenvalue weighted by atomic mass is 10.2. The first-order valence-electron chi connectivity index (χ1n) is 5.80. The number of likely N-dealkylation sites (tertiary alicyclic amines) is 1. The third-order valence-electron chi connectivity index (χ3n) is 3.55. The molecule has 0 saturated carbocycles. The number of fused-ring (bicyclic) bond motifs is 1. The minimum absolute atomic E-state index is 0.363. The lowest BCUT2D eigenvalue weighted by Crippen LogP contribution is -2.15. The van der Waals surface area contributed by atoms with E-state index in [4.69, 9.17) is 0 Å². The molecule has 1 aromatic heterocycles. The minimum atomic E-state index is -0.779. The molecule has 2 heterocycles. The van der Waals surface area contributed by atoms with E-state index in [1.807, 2.05) is 6.20 Å². The second-order valence-electron chi connectivity index (χ2n) is 4.72. The summed E-state index contributed by atoms with van der Waals surface area (Å²) < 4.78 is 28.7. The molecule has 0 spiro atoms. The normalized spacial score (nSPS) is 21.5. The van der Waals surface area contributed by atoms with Crippen molar-refractivity contribution in [2.75, 3.05) is 20.1 Å².